The van der Waals surface area contributed by atoms with E-state index >= 15 is 0 Å². The molecule has 2 aromatic rings. The number of esters is 1. The number of alkyl halides is 3. The zero-order valence-electron chi connectivity index (χ0n) is 16.4. The second kappa shape index (κ2) is 8.26. The average Bonchev–Trinajstić information content (AvgIpc) is 3.01. The predicted molar refractivity (Wildman–Crippen MR) is 95.5 cm³/mol. The number of carbonyl (C=O) groups excluding carboxylic acids is 1. The van der Waals surface area contributed by atoms with E-state index in [1.165, 1.54) is 16.8 Å². The van der Waals surface area contributed by atoms with Crippen LogP contribution in [0.15, 0.2) is 24.3 Å². The van der Waals surface area contributed by atoms with Gasteiger partial charge >= 0.3 is 12.1 Å². The molecule has 0 spiro atoms. The molecule has 7 nitrogen and oxygen atoms in total. The van der Waals surface area contributed by atoms with E-state index in [0.29, 0.717) is 11.5 Å². The van der Waals surface area contributed by atoms with Crippen LogP contribution in [0.2, 0.25) is 0 Å². The molecular formula is C18H24F3N5O2. The number of tetrazole rings is 1. The normalized spacial score (nSPS) is 13.6. The molecule has 0 amide bonds. The summed E-state index contributed by atoms with van der Waals surface area (Å²) in [7, 11) is 0. The number of rotatable bonds is 6. The molecule has 0 aliphatic rings. The number of nitrogens with zero attached hydrogens (tertiary/aromatic N) is 4. The van der Waals surface area contributed by atoms with Crippen LogP contribution in [-0.4, -0.2) is 37.8 Å². The Labute approximate surface area is 161 Å². The molecule has 10 heteroatoms. The summed E-state index contributed by atoms with van der Waals surface area (Å²) in [5.41, 5.74) is -0.991. The van der Waals surface area contributed by atoms with E-state index in [2.05, 4.69) is 20.8 Å². The highest BCUT2D eigenvalue weighted by Gasteiger charge is 2.30. The molecule has 2 rings (SSSR count). The zero-order chi connectivity index (χ0) is 21.1. The topological polar surface area (TPSA) is 81.9 Å². The number of hydrogen-bond acceptors (Lipinski definition) is 6. The quantitative estimate of drug-likeness (QED) is 0.752. The third kappa shape index (κ3) is 5.75. The number of ether oxygens (including phenoxy) is 1. The Morgan fingerprint density at radius 2 is 1.79 bits per heavy atom. The van der Waals surface area contributed by atoms with Gasteiger partial charge in [-0.3, -0.25) is 10.1 Å². The average molecular weight is 399 g/mol. The van der Waals surface area contributed by atoms with Crippen molar-refractivity contribution in [1.29, 1.82) is 0 Å². The fourth-order valence-electron chi connectivity index (χ4n) is 2.47. The maximum atomic E-state index is 12.7. The Bertz CT molecular complexity index is 795. The number of carbonyl (C=O) groups is 1. The summed E-state index contributed by atoms with van der Waals surface area (Å²) in [6.07, 6.45) is -4.42. The van der Waals surface area contributed by atoms with E-state index in [1.54, 1.807) is 20.8 Å². The second-order valence-corrected chi connectivity index (χ2v) is 7.69. The molecule has 28 heavy (non-hydrogen) atoms. The molecule has 0 aliphatic heterocycles. The molecule has 0 unspecified atom stereocenters. The SMILES string of the molecule is CC(C)[C@H](NCc1nnnn1-c1ccc(C(F)(F)F)cc1)C(=O)OC(C)(C)C. The summed E-state index contributed by atoms with van der Waals surface area (Å²) in [6.45, 7) is 9.24. The van der Waals surface area contributed by atoms with Crippen LogP contribution in [0, 0.1) is 5.92 Å². The lowest BCUT2D eigenvalue weighted by Crippen LogP contribution is -2.44. The monoisotopic (exact) mass is 399 g/mol. The second-order valence-electron chi connectivity index (χ2n) is 7.69. The van der Waals surface area contributed by atoms with Gasteiger partial charge in [-0.1, -0.05) is 13.8 Å². The fourth-order valence-corrected chi connectivity index (χ4v) is 2.47. The lowest BCUT2D eigenvalue weighted by Gasteiger charge is -2.26. The first-order chi connectivity index (χ1) is 12.9. The highest BCUT2D eigenvalue weighted by Crippen LogP contribution is 2.29. The summed E-state index contributed by atoms with van der Waals surface area (Å²) in [5.74, 6) is -0.0877. The van der Waals surface area contributed by atoms with E-state index in [4.69, 9.17) is 4.74 Å². The molecule has 0 radical (unpaired) electrons. The molecule has 1 atom stereocenters. The van der Waals surface area contributed by atoms with Crippen molar-refractivity contribution >= 4 is 5.97 Å². The maximum absolute atomic E-state index is 12.7. The minimum Gasteiger partial charge on any atom is -0.459 e. The van der Waals surface area contributed by atoms with E-state index < -0.39 is 29.4 Å². The van der Waals surface area contributed by atoms with Crippen LogP contribution in [-0.2, 0) is 22.3 Å². The molecule has 0 saturated heterocycles. The van der Waals surface area contributed by atoms with Gasteiger partial charge in [0.1, 0.15) is 11.6 Å². The van der Waals surface area contributed by atoms with Crippen molar-refractivity contribution in [2.24, 2.45) is 5.92 Å². The van der Waals surface area contributed by atoms with E-state index in [9.17, 15) is 18.0 Å². The van der Waals surface area contributed by atoms with Crippen LogP contribution >= 0.6 is 0 Å². The van der Waals surface area contributed by atoms with Crippen molar-refractivity contribution < 1.29 is 22.7 Å². The highest BCUT2D eigenvalue weighted by atomic mass is 19.4. The van der Waals surface area contributed by atoms with Gasteiger partial charge < -0.3 is 4.74 Å². The summed E-state index contributed by atoms with van der Waals surface area (Å²) in [5, 5.41) is 14.4. The van der Waals surface area contributed by atoms with Crippen LogP contribution in [0.1, 0.15) is 46.0 Å². The first kappa shape index (κ1) is 21.8. The van der Waals surface area contributed by atoms with E-state index in [0.717, 1.165) is 12.1 Å². The van der Waals surface area contributed by atoms with E-state index in [1.807, 2.05) is 13.8 Å². The number of aromatic nitrogens is 4. The minimum atomic E-state index is -4.42. The van der Waals surface area contributed by atoms with Crippen molar-refractivity contribution in [1.82, 2.24) is 25.5 Å². The van der Waals surface area contributed by atoms with Crippen LogP contribution in [0.4, 0.5) is 13.2 Å². The van der Waals surface area contributed by atoms with E-state index in [-0.39, 0.29) is 12.5 Å². The lowest BCUT2D eigenvalue weighted by molar-refractivity contribution is -0.158. The Morgan fingerprint density at radius 1 is 1.18 bits per heavy atom. The van der Waals surface area contributed by atoms with Gasteiger partial charge in [-0.15, -0.1) is 5.10 Å². The summed E-state index contributed by atoms with van der Waals surface area (Å²) >= 11 is 0. The molecule has 0 bridgehead atoms. The number of nitrogens with one attached hydrogen (secondary N) is 1. The van der Waals surface area contributed by atoms with Gasteiger partial charge in [0, 0.05) is 0 Å². The summed E-state index contributed by atoms with van der Waals surface area (Å²) in [6, 6.07) is 3.92. The Kier molecular flexibility index (Phi) is 6.43. The number of halogens is 3. The molecule has 0 aliphatic carbocycles. The molecule has 1 heterocycles. The van der Waals surface area contributed by atoms with Crippen molar-refractivity contribution in [2.45, 2.75) is 59.0 Å². The van der Waals surface area contributed by atoms with Gasteiger partial charge in [-0.2, -0.15) is 17.9 Å². The van der Waals surface area contributed by atoms with Gasteiger partial charge in [0.2, 0.25) is 0 Å². The zero-order valence-corrected chi connectivity index (χ0v) is 16.4. The van der Waals surface area contributed by atoms with Crippen molar-refractivity contribution in [3.8, 4) is 5.69 Å². The molecule has 1 N–H and O–H groups in total. The molecule has 0 fully saturated rings. The molecule has 1 aromatic carbocycles. The predicted octanol–water partition coefficient (Wildman–Crippen LogP) is 3.14. The highest BCUT2D eigenvalue weighted by molar-refractivity contribution is 5.76. The largest absolute Gasteiger partial charge is 0.459 e. The van der Waals surface area contributed by atoms with Crippen LogP contribution < -0.4 is 5.32 Å². The van der Waals surface area contributed by atoms with Gasteiger partial charge in [0.25, 0.3) is 0 Å². The first-order valence-corrected chi connectivity index (χ1v) is 8.79. The van der Waals surface area contributed by atoms with Gasteiger partial charge in [-0.25, -0.2) is 0 Å². The third-order valence-electron chi connectivity index (χ3n) is 3.78. The number of benzene rings is 1. The molecular weight excluding hydrogens is 375 g/mol. The Balaban J connectivity index is 2.14. The van der Waals surface area contributed by atoms with Crippen LogP contribution in [0.25, 0.3) is 5.69 Å². The molecule has 0 saturated carbocycles. The smallest absolute Gasteiger partial charge is 0.416 e. The van der Waals surface area contributed by atoms with Crippen molar-refractivity contribution in [3.05, 3.63) is 35.7 Å². The van der Waals surface area contributed by atoms with Gasteiger partial charge in [-0.05, 0) is 61.4 Å². The van der Waals surface area contributed by atoms with Gasteiger partial charge in [0.15, 0.2) is 5.82 Å². The van der Waals surface area contributed by atoms with Crippen LogP contribution in [0.3, 0.4) is 0 Å². The summed E-state index contributed by atoms with van der Waals surface area (Å²) < 4.78 is 44.9. The standard InChI is InChI=1S/C18H24F3N5O2/c1-11(2)15(16(27)28-17(3,4)5)22-10-14-23-24-25-26(14)13-8-6-12(7-9-13)18(19,20)21/h6-9,11,15,22H,10H2,1-5H3/t15-/m0/s1. The maximum Gasteiger partial charge on any atom is 0.416 e. The third-order valence-corrected chi connectivity index (χ3v) is 3.78. The summed E-state index contributed by atoms with van der Waals surface area (Å²) in [4.78, 5) is 12.4. The van der Waals surface area contributed by atoms with Crippen molar-refractivity contribution in [3.63, 3.8) is 0 Å². The lowest BCUT2D eigenvalue weighted by atomic mass is 10.0. The molecule has 1 aromatic heterocycles. The first-order valence-electron chi connectivity index (χ1n) is 8.79. The Morgan fingerprint density at radius 3 is 2.29 bits per heavy atom. The Hall–Kier alpha value is -2.49. The van der Waals surface area contributed by atoms with Gasteiger partial charge in [0.05, 0.1) is 17.8 Å². The van der Waals surface area contributed by atoms with Crippen molar-refractivity contribution in [2.75, 3.05) is 0 Å². The minimum absolute atomic E-state index is 0.0507. The fraction of sp³-hybridized carbons (Fsp3) is 0.556. The van der Waals surface area contributed by atoms with Crippen LogP contribution in [0.5, 0.6) is 0 Å². The number of hydrogen-bond donors (Lipinski definition) is 1. The molecule has 154 valence electrons.